The molecule has 2 aromatic rings. The van der Waals surface area contributed by atoms with Gasteiger partial charge in [0.05, 0.1) is 17.3 Å². The average molecular weight is 288 g/mol. The first-order valence-electron chi connectivity index (χ1n) is 6.92. The van der Waals surface area contributed by atoms with E-state index in [9.17, 15) is 0 Å². The Balaban J connectivity index is 1.80. The molecule has 0 aliphatic carbocycles. The van der Waals surface area contributed by atoms with Gasteiger partial charge in [-0.3, -0.25) is 0 Å². The Morgan fingerprint density at radius 3 is 2.85 bits per heavy atom. The number of anilines is 1. The number of nitrogens with one attached hydrogen (secondary N) is 1. The molecule has 1 aliphatic rings. The zero-order valence-corrected chi connectivity index (χ0v) is 12.5. The first-order chi connectivity index (χ1) is 9.63. The first kappa shape index (κ1) is 13.3. The van der Waals surface area contributed by atoms with Gasteiger partial charge in [0.2, 0.25) is 0 Å². The van der Waals surface area contributed by atoms with E-state index in [0.29, 0.717) is 0 Å². The number of fused-ring (bicyclic) bond motifs is 1. The first-order valence-corrected chi connectivity index (χ1v) is 7.29. The summed E-state index contributed by atoms with van der Waals surface area (Å²) in [5.41, 5.74) is 4.70. The summed E-state index contributed by atoms with van der Waals surface area (Å²) in [6.45, 7) is 4.98. The normalized spacial score (nSPS) is 14.6. The lowest BCUT2D eigenvalue weighted by Crippen LogP contribution is -2.07. The molecule has 20 heavy (non-hydrogen) atoms. The average Bonchev–Trinajstić information content (AvgIpc) is 2.89. The van der Waals surface area contributed by atoms with Crippen LogP contribution in [-0.4, -0.2) is 6.61 Å². The zero-order valence-electron chi connectivity index (χ0n) is 11.7. The molecule has 0 spiro atoms. The maximum absolute atomic E-state index is 6.27. The van der Waals surface area contributed by atoms with Gasteiger partial charge < -0.3 is 10.1 Å². The SMILES string of the molecule is Cc1ccc(NC(C)c2ccc3c(c2)CCO3)c(Cl)c1. The number of benzene rings is 2. The molecule has 0 amide bonds. The number of ether oxygens (including phenoxy) is 1. The fraction of sp³-hybridized carbons (Fsp3) is 0.294. The second-order valence-electron chi connectivity index (χ2n) is 5.31. The van der Waals surface area contributed by atoms with Gasteiger partial charge in [0, 0.05) is 12.5 Å². The van der Waals surface area contributed by atoms with Gasteiger partial charge in [0.15, 0.2) is 0 Å². The predicted molar refractivity (Wildman–Crippen MR) is 83.9 cm³/mol. The molecular formula is C17H18ClNO. The van der Waals surface area contributed by atoms with Gasteiger partial charge in [-0.1, -0.05) is 23.7 Å². The number of hydrogen-bond acceptors (Lipinski definition) is 2. The van der Waals surface area contributed by atoms with Crippen molar-refractivity contribution in [1.29, 1.82) is 0 Å². The summed E-state index contributed by atoms with van der Waals surface area (Å²) in [7, 11) is 0. The molecule has 1 unspecified atom stereocenters. The van der Waals surface area contributed by atoms with E-state index in [4.69, 9.17) is 16.3 Å². The largest absolute Gasteiger partial charge is 0.493 e. The molecule has 3 heteroatoms. The maximum atomic E-state index is 6.27. The molecule has 1 heterocycles. The van der Waals surface area contributed by atoms with E-state index in [1.165, 1.54) is 16.7 Å². The van der Waals surface area contributed by atoms with Gasteiger partial charge in [-0.2, -0.15) is 0 Å². The van der Waals surface area contributed by atoms with Crippen LogP contribution in [-0.2, 0) is 6.42 Å². The minimum atomic E-state index is 0.209. The summed E-state index contributed by atoms with van der Waals surface area (Å²) in [5.74, 6) is 1.02. The van der Waals surface area contributed by atoms with Crippen LogP contribution in [0.3, 0.4) is 0 Å². The van der Waals surface area contributed by atoms with Crippen molar-refractivity contribution in [3.63, 3.8) is 0 Å². The van der Waals surface area contributed by atoms with Gasteiger partial charge in [-0.15, -0.1) is 0 Å². The number of aryl methyl sites for hydroxylation is 1. The van der Waals surface area contributed by atoms with Crippen LogP contribution in [0.2, 0.25) is 5.02 Å². The van der Waals surface area contributed by atoms with Crippen LogP contribution in [0.1, 0.15) is 29.7 Å². The third-order valence-corrected chi connectivity index (χ3v) is 4.02. The molecule has 0 saturated carbocycles. The van der Waals surface area contributed by atoms with Crippen molar-refractivity contribution in [3.8, 4) is 5.75 Å². The van der Waals surface area contributed by atoms with E-state index in [1.54, 1.807) is 0 Å². The Labute approximate surface area is 124 Å². The van der Waals surface area contributed by atoms with Crippen molar-refractivity contribution in [1.82, 2.24) is 0 Å². The second kappa shape index (κ2) is 5.37. The fourth-order valence-corrected chi connectivity index (χ4v) is 2.82. The van der Waals surface area contributed by atoms with Crippen LogP contribution >= 0.6 is 11.6 Å². The Kier molecular flexibility index (Phi) is 3.58. The number of hydrogen-bond donors (Lipinski definition) is 1. The molecular weight excluding hydrogens is 270 g/mol. The van der Waals surface area contributed by atoms with Crippen LogP contribution in [0, 0.1) is 6.92 Å². The molecule has 0 bridgehead atoms. The number of rotatable bonds is 3. The minimum Gasteiger partial charge on any atom is -0.493 e. The summed E-state index contributed by atoms with van der Waals surface area (Å²) in [6, 6.07) is 12.7. The van der Waals surface area contributed by atoms with E-state index in [-0.39, 0.29) is 6.04 Å². The molecule has 104 valence electrons. The minimum absolute atomic E-state index is 0.209. The summed E-state index contributed by atoms with van der Waals surface area (Å²) in [4.78, 5) is 0. The number of halogens is 1. The van der Waals surface area contributed by atoms with Crippen molar-refractivity contribution < 1.29 is 4.74 Å². The third-order valence-electron chi connectivity index (χ3n) is 3.71. The Hall–Kier alpha value is -1.67. The predicted octanol–water partition coefficient (Wildman–Crippen LogP) is 4.76. The molecule has 1 N–H and O–H groups in total. The van der Waals surface area contributed by atoms with Crippen molar-refractivity contribution in [2.24, 2.45) is 0 Å². The summed E-state index contributed by atoms with van der Waals surface area (Å²) >= 11 is 6.27. The van der Waals surface area contributed by atoms with Gasteiger partial charge in [0.25, 0.3) is 0 Å². The van der Waals surface area contributed by atoms with Crippen molar-refractivity contribution in [3.05, 3.63) is 58.1 Å². The van der Waals surface area contributed by atoms with Gasteiger partial charge >= 0.3 is 0 Å². The Bertz CT molecular complexity index is 639. The smallest absolute Gasteiger partial charge is 0.122 e. The molecule has 0 saturated heterocycles. The van der Waals surface area contributed by atoms with E-state index in [2.05, 4.69) is 36.5 Å². The fourth-order valence-electron chi connectivity index (χ4n) is 2.53. The van der Waals surface area contributed by atoms with E-state index < -0.39 is 0 Å². The highest BCUT2D eigenvalue weighted by Crippen LogP contribution is 2.31. The van der Waals surface area contributed by atoms with Crippen LogP contribution in [0.15, 0.2) is 36.4 Å². The van der Waals surface area contributed by atoms with Gasteiger partial charge in [0.1, 0.15) is 5.75 Å². The van der Waals surface area contributed by atoms with Crippen LogP contribution < -0.4 is 10.1 Å². The Morgan fingerprint density at radius 1 is 1.20 bits per heavy atom. The molecule has 2 nitrogen and oxygen atoms in total. The molecule has 1 aliphatic heterocycles. The van der Waals surface area contributed by atoms with Gasteiger partial charge in [-0.05, 0) is 54.8 Å². The summed E-state index contributed by atoms with van der Waals surface area (Å²) in [6.07, 6.45) is 1.00. The molecule has 0 radical (unpaired) electrons. The summed E-state index contributed by atoms with van der Waals surface area (Å²) in [5, 5.41) is 4.24. The second-order valence-corrected chi connectivity index (χ2v) is 5.72. The van der Waals surface area contributed by atoms with Crippen molar-refractivity contribution in [2.45, 2.75) is 26.3 Å². The zero-order chi connectivity index (χ0) is 14.1. The van der Waals surface area contributed by atoms with E-state index in [1.807, 2.05) is 19.1 Å². The summed E-state index contributed by atoms with van der Waals surface area (Å²) < 4.78 is 5.54. The van der Waals surface area contributed by atoms with Crippen LogP contribution in [0.4, 0.5) is 5.69 Å². The lowest BCUT2D eigenvalue weighted by atomic mass is 10.0. The standard InChI is InChI=1S/C17H18ClNO/c1-11-3-5-16(15(18)9-11)19-12(2)13-4-6-17-14(10-13)7-8-20-17/h3-6,9-10,12,19H,7-8H2,1-2H3. The third kappa shape index (κ3) is 2.61. The highest BCUT2D eigenvalue weighted by molar-refractivity contribution is 6.33. The topological polar surface area (TPSA) is 21.3 Å². The molecule has 0 aromatic heterocycles. The van der Waals surface area contributed by atoms with E-state index >= 15 is 0 Å². The highest BCUT2D eigenvalue weighted by atomic mass is 35.5. The molecule has 3 rings (SSSR count). The van der Waals surface area contributed by atoms with Crippen molar-refractivity contribution in [2.75, 3.05) is 11.9 Å². The Morgan fingerprint density at radius 2 is 2.05 bits per heavy atom. The molecule has 2 aromatic carbocycles. The molecule has 1 atom stereocenters. The lowest BCUT2D eigenvalue weighted by molar-refractivity contribution is 0.357. The van der Waals surface area contributed by atoms with E-state index in [0.717, 1.165) is 29.5 Å². The lowest BCUT2D eigenvalue weighted by Gasteiger charge is -2.17. The quantitative estimate of drug-likeness (QED) is 0.879. The van der Waals surface area contributed by atoms with Gasteiger partial charge in [-0.25, -0.2) is 0 Å². The van der Waals surface area contributed by atoms with Crippen LogP contribution in [0.5, 0.6) is 5.75 Å². The molecule has 0 fully saturated rings. The highest BCUT2D eigenvalue weighted by Gasteiger charge is 2.15. The monoisotopic (exact) mass is 287 g/mol. The van der Waals surface area contributed by atoms with Crippen LogP contribution in [0.25, 0.3) is 0 Å². The van der Waals surface area contributed by atoms with Crippen molar-refractivity contribution >= 4 is 17.3 Å². The maximum Gasteiger partial charge on any atom is 0.122 e.